The van der Waals surface area contributed by atoms with Crippen LogP contribution in [0.15, 0.2) is 18.2 Å². The Bertz CT molecular complexity index is 719. The number of fused-ring (bicyclic) bond motifs is 5. The predicted octanol–water partition coefficient (Wildman–Crippen LogP) is 6.18. The van der Waals surface area contributed by atoms with Gasteiger partial charge in [0.2, 0.25) is 0 Å². The van der Waals surface area contributed by atoms with Gasteiger partial charge in [0.25, 0.3) is 0 Å². The van der Waals surface area contributed by atoms with E-state index < -0.39 is 0 Å². The lowest BCUT2D eigenvalue weighted by Crippen LogP contribution is -2.47. The summed E-state index contributed by atoms with van der Waals surface area (Å²) in [6.07, 6.45) is 16.4. The zero-order valence-corrected chi connectivity index (χ0v) is 19.9. The van der Waals surface area contributed by atoms with Crippen LogP contribution in [0.3, 0.4) is 0 Å². The molecule has 3 N–H and O–H groups in total. The van der Waals surface area contributed by atoms with Gasteiger partial charge in [-0.2, -0.15) is 0 Å². The summed E-state index contributed by atoms with van der Waals surface area (Å²) in [5.74, 6) is 3.15. The van der Waals surface area contributed by atoms with Crippen LogP contribution >= 0.6 is 0 Å². The van der Waals surface area contributed by atoms with Crippen LogP contribution in [0.5, 0.6) is 5.75 Å². The van der Waals surface area contributed by atoms with Gasteiger partial charge in [-0.3, -0.25) is 0 Å². The fourth-order valence-electron chi connectivity index (χ4n) is 7.62. The van der Waals surface area contributed by atoms with Gasteiger partial charge in [0.15, 0.2) is 0 Å². The standard InChI is InChI=1S/C28H45NO2/c1-28-16-15-24-23-12-11-22(30)19-21(23)18-20(27(24)25(28)13-14-26(28)31)10-8-6-4-3-5-7-9-17-29-2/h11-12,19-20,24-27,29-31H,3-10,13-18H2,1-2H3. The van der Waals surface area contributed by atoms with Gasteiger partial charge in [0, 0.05) is 0 Å². The lowest BCUT2D eigenvalue weighted by Gasteiger charge is -2.53. The molecule has 0 bridgehead atoms. The Morgan fingerprint density at radius 3 is 2.52 bits per heavy atom. The number of phenolic OH excluding ortho intramolecular Hbond substituents is 1. The quantitative estimate of drug-likeness (QED) is 0.391. The van der Waals surface area contributed by atoms with E-state index in [1.54, 1.807) is 0 Å². The molecule has 174 valence electrons. The molecule has 0 amide bonds. The Labute approximate surface area is 190 Å². The second-order valence-electron chi connectivity index (χ2n) is 11.1. The lowest BCUT2D eigenvalue weighted by molar-refractivity contribution is -0.0396. The number of benzene rings is 1. The molecule has 3 heteroatoms. The minimum atomic E-state index is -0.108. The maximum Gasteiger partial charge on any atom is 0.115 e. The number of hydrogen-bond donors (Lipinski definition) is 3. The van der Waals surface area contributed by atoms with E-state index in [0.29, 0.717) is 23.5 Å². The Balaban J connectivity index is 1.39. The zero-order chi connectivity index (χ0) is 21.8. The first-order valence-corrected chi connectivity index (χ1v) is 13.2. The van der Waals surface area contributed by atoms with Crippen molar-refractivity contribution in [3.63, 3.8) is 0 Å². The largest absolute Gasteiger partial charge is 0.508 e. The number of phenols is 1. The number of hydrogen-bond acceptors (Lipinski definition) is 3. The van der Waals surface area contributed by atoms with Crippen molar-refractivity contribution in [3.05, 3.63) is 29.3 Å². The summed E-state index contributed by atoms with van der Waals surface area (Å²) in [6, 6.07) is 6.14. The lowest BCUT2D eigenvalue weighted by atomic mass is 9.52. The van der Waals surface area contributed by atoms with E-state index in [4.69, 9.17) is 0 Å². The molecule has 3 aliphatic carbocycles. The van der Waals surface area contributed by atoms with Crippen LogP contribution in [0.2, 0.25) is 0 Å². The molecule has 1 aromatic rings. The van der Waals surface area contributed by atoms with Gasteiger partial charge in [0.1, 0.15) is 5.75 Å². The highest BCUT2D eigenvalue weighted by Crippen LogP contribution is 2.62. The van der Waals surface area contributed by atoms with E-state index >= 15 is 0 Å². The molecule has 0 saturated heterocycles. The fraction of sp³-hybridized carbons (Fsp3) is 0.786. The number of rotatable bonds is 10. The van der Waals surface area contributed by atoms with E-state index in [1.807, 2.05) is 19.2 Å². The molecule has 0 aliphatic heterocycles. The molecule has 6 atom stereocenters. The highest BCUT2D eigenvalue weighted by Gasteiger charge is 2.56. The predicted molar refractivity (Wildman–Crippen MR) is 128 cm³/mol. The summed E-state index contributed by atoms with van der Waals surface area (Å²) in [5, 5.41) is 24.2. The summed E-state index contributed by atoms with van der Waals surface area (Å²) in [7, 11) is 2.04. The number of aromatic hydroxyl groups is 1. The van der Waals surface area contributed by atoms with E-state index in [1.165, 1.54) is 75.3 Å². The van der Waals surface area contributed by atoms with Crippen molar-refractivity contribution >= 4 is 0 Å². The molecule has 2 saturated carbocycles. The zero-order valence-electron chi connectivity index (χ0n) is 19.9. The first-order chi connectivity index (χ1) is 15.0. The maximum absolute atomic E-state index is 10.8. The average Bonchev–Trinajstić information content (AvgIpc) is 3.06. The maximum atomic E-state index is 10.8. The topological polar surface area (TPSA) is 52.5 Å². The van der Waals surface area contributed by atoms with E-state index in [0.717, 1.165) is 31.7 Å². The van der Waals surface area contributed by atoms with Crippen LogP contribution < -0.4 is 5.32 Å². The molecule has 0 spiro atoms. The first-order valence-electron chi connectivity index (χ1n) is 13.2. The van der Waals surface area contributed by atoms with Gasteiger partial charge in [-0.15, -0.1) is 0 Å². The van der Waals surface area contributed by atoms with Crippen LogP contribution in [0, 0.1) is 23.2 Å². The smallest absolute Gasteiger partial charge is 0.115 e. The molecule has 0 aromatic heterocycles. The van der Waals surface area contributed by atoms with Gasteiger partial charge in [-0.1, -0.05) is 51.5 Å². The molecule has 3 nitrogen and oxygen atoms in total. The summed E-state index contributed by atoms with van der Waals surface area (Å²) in [5.41, 5.74) is 3.03. The third kappa shape index (κ3) is 4.83. The van der Waals surface area contributed by atoms with E-state index in [-0.39, 0.29) is 11.5 Å². The van der Waals surface area contributed by atoms with Crippen LogP contribution in [0.4, 0.5) is 0 Å². The number of unbranched alkanes of at least 4 members (excludes halogenated alkanes) is 6. The Morgan fingerprint density at radius 1 is 1.00 bits per heavy atom. The fourth-order valence-corrected chi connectivity index (χ4v) is 7.62. The van der Waals surface area contributed by atoms with Gasteiger partial charge in [0.05, 0.1) is 6.10 Å². The van der Waals surface area contributed by atoms with Crippen molar-refractivity contribution in [1.29, 1.82) is 0 Å². The van der Waals surface area contributed by atoms with Crippen molar-refractivity contribution in [1.82, 2.24) is 5.32 Å². The average molecular weight is 428 g/mol. The van der Waals surface area contributed by atoms with Crippen molar-refractivity contribution in [2.75, 3.05) is 13.6 Å². The van der Waals surface area contributed by atoms with Gasteiger partial charge in [-0.25, -0.2) is 0 Å². The molecule has 3 aliphatic rings. The molecule has 0 heterocycles. The second kappa shape index (κ2) is 10.3. The minimum absolute atomic E-state index is 0.108. The molecule has 0 radical (unpaired) electrons. The van der Waals surface area contributed by atoms with Gasteiger partial charge >= 0.3 is 0 Å². The Hall–Kier alpha value is -1.06. The summed E-state index contributed by atoms with van der Waals surface area (Å²) >= 11 is 0. The highest BCUT2D eigenvalue weighted by atomic mass is 16.3. The molecule has 31 heavy (non-hydrogen) atoms. The van der Waals surface area contributed by atoms with Gasteiger partial charge in [-0.05, 0) is 111 Å². The summed E-state index contributed by atoms with van der Waals surface area (Å²) in [4.78, 5) is 0. The normalized spacial score (nSPS) is 34.2. The SMILES string of the molecule is CNCCCCCCCCCC1Cc2cc(O)ccc2C2CCC3(C)C(O)CCC3C12. The third-order valence-electron chi connectivity index (χ3n) is 9.34. The molecule has 1 aromatic carbocycles. The molecule has 4 rings (SSSR count). The Morgan fingerprint density at radius 2 is 1.74 bits per heavy atom. The van der Waals surface area contributed by atoms with Crippen LogP contribution in [-0.2, 0) is 6.42 Å². The number of aliphatic hydroxyl groups excluding tert-OH is 1. The second-order valence-corrected chi connectivity index (χ2v) is 11.1. The van der Waals surface area contributed by atoms with Crippen molar-refractivity contribution in [3.8, 4) is 5.75 Å². The molecule has 2 fully saturated rings. The highest BCUT2D eigenvalue weighted by molar-refractivity contribution is 5.40. The molecular formula is C28H45NO2. The summed E-state index contributed by atoms with van der Waals surface area (Å²) < 4.78 is 0. The van der Waals surface area contributed by atoms with Crippen molar-refractivity contribution in [2.24, 2.45) is 23.2 Å². The van der Waals surface area contributed by atoms with Gasteiger partial charge < -0.3 is 15.5 Å². The minimum Gasteiger partial charge on any atom is -0.508 e. The van der Waals surface area contributed by atoms with E-state index in [9.17, 15) is 10.2 Å². The molecule has 6 unspecified atom stereocenters. The van der Waals surface area contributed by atoms with Crippen molar-refractivity contribution in [2.45, 2.75) is 102 Å². The van der Waals surface area contributed by atoms with Crippen LogP contribution in [0.1, 0.15) is 101 Å². The Kier molecular flexibility index (Phi) is 7.64. The van der Waals surface area contributed by atoms with E-state index in [2.05, 4.69) is 18.3 Å². The number of aliphatic hydroxyl groups is 1. The van der Waals surface area contributed by atoms with Crippen molar-refractivity contribution < 1.29 is 10.2 Å². The van der Waals surface area contributed by atoms with Crippen LogP contribution in [-0.4, -0.2) is 29.9 Å². The monoisotopic (exact) mass is 427 g/mol. The number of nitrogens with one attached hydrogen (secondary N) is 1. The first kappa shape index (κ1) is 23.1. The molecular weight excluding hydrogens is 382 g/mol. The third-order valence-corrected chi connectivity index (χ3v) is 9.34. The van der Waals surface area contributed by atoms with Crippen LogP contribution in [0.25, 0.3) is 0 Å². The summed E-state index contributed by atoms with van der Waals surface area (Å²) in [6.45, 7) is 3.53.